The highest BCUT2D eigenvalue weighted by Crippen LogP contribution is 2.46. The molecule has 202 valence electrons. The molecule has 0 amide bonds. The predicted molar refractivity (Wildman–Crippen MR) is 156 cm³/mol. The topological polar surface area (TPSA) is 70.8 Å². The molecule has 1 fully saturated rings. The summed E-state index contributed by atoms with van der Waals surface area (Å²) in [6.45, 7) is 7.15. The number of amidine groups is 1. The van der Waals surface area contributed by atoms with Gasteiger partial charge in [0.25, 0.3) is 0 Å². The molecular weight excluding hydrogens is 553 g/mol. The Morgan fingerprint density at radius 1 is 0.949 bits per heavy atom. The van der Waals surface area contributed by atoms with Crippen molar-refractivity contribution in [2.24, 2.45) is 16.8 Å². The fraction of sp³-hybridized carbons (Fsp3) is 0.310. The van der Waals surface area contributed by atoms with Crippen LogP contribution in [0.3, 0.4) is 0 Å². The van der Waals surface area contributed by atoms with E-state index in [-0.39, 0.29) is 4.91 Å². The largest absolute Gasteiger partial charge is 0.320 e. The highest BCUT2D eigenvalue weighted by Gasteiger charge is 2.40. The summed E-state index contributed by atoms with van der Waals surface area (Å²) in [4.78, 5) is 7.08. The first-order chi connectivity index (χ1) is 18.6. The lowest BCUT2D eigenvalue weighted by atomic mass is 9.94. The molecule has 3 aliphatic rings. The number of nitrogens with zero attached hydrogens (tertiary/aromatic N) is 5. The van der Waals surface area contributed by atoms with Gasteiger partial charge < -0.3 is 4.90 Å². The van der Waals surface area contributed by atoms with Crippen molar-refractivity contribution in [3.63, 3.8) is 0 Å². The molecule has 0 radical (unpaired) electrons. The van der Waals surface area contributed by atoms with Gasteiger partial charge in [0.1, 0.15) is 5.84 Å². The van der Waals surface area contributed by atoms with Crippen molar-refractivity contribution in [1.29, 1.82) is 0 Å². The van der Waals surface area contributed by atoms with Crippen molar-refractivity contribution >= 4 is 44.9 Å². The number of halogens is 2. The number of rotatable bonds is 4. The lowest BCUT2D eigenvalue weighted by Crippen LogP contribution is -2.44. The van der Waals surface area contributed by atoms with Crippen LogP contribution in [0.4, 0.5) is 5.82 Å². The van der Waals surface area contributed by atoms with E-state index in [0.717, 1.165) is 28.9 Å². The van der Waals surface area contributed by atoms with Crippen LogP contribution in [0, 0.1) is 18.8 Å². The minimum absolute atomic E-state index is 0.224. The second-order valence-electron chi connectivity index (χ2n) is 10.6. The third-order valence-corrected chi connectivity index (χ3v) is 10.2. The van der Waals surface area contributed by atoms with Crippen molar-refractivity contribution in [2.45, 2.75) is 33.2 Å². The molecule has 0 aliphatic carbocycles. The molecule has 10 heteroatoms. The van der Waals surface area contributed by atoms with Crippen molar-refractivity contribution in [2.75, 3.05) is 13.1 Å². The van der Waals surface area contributed by atoms with E-state index in [9.17, 15) is 8.42 Å². The van der Waals surface area contributed by atoms with E-state index in [1.165, 1.54) is 0 Å². The Hall–Kier alpha value is -2.91. The molecule has 6 rings (SSSR count). The van der Waals surface area contributed by atoms with E-state index in [0.29, 0.717) is 46.6 Å². The Balaban J connectivity index is 1.52. The van der Waals surface area contributed by atoms with Gasteiger partial charge in [-0.05, 0) is 61.1 Å². The lowest BCUT2D eigenvalue weighted by molar-refractivity contribution is 0.224. The normalized spacial score (nSPS) is 23.2. The third-order valence-electron chi connectivity index (χ3n) is 7.53. The van der Waals surface area contributed by atoms with Crippen molar-refractivity contribution in [3.05, 3.63) is 98.7 Å². The number of hydrogen-bond donors (Lipinski definition) is 0. The minimum atomic E-state index is -3.72. The van der Waals surface area contributed by atoms with Crippen molar-refractivity contribution in [3.8, 4) is 5.69 Å². The van der Waals surface area contributed by atoms with Gasteiger partial charge >= 0.3 is 0 Å². The summed E-state index contributed by atoms with van der Waals surface area (Å²) < 4.78 is 31.1. The highest BCUT2D eigenvalue weighted by atomic mass is 35.5. The number of allylic oxidation sites excluding steroid dienone is 1. The molecule has 3 aromatic rings. The molecule has 7 nitrogen and oxygen atoms in total. The van der Waals surface area contributed by atoms with Gasteiger partial charge in [-0.15, -0.1) is 0 Å². The molecule has 0 saturated carbocycles. The van der Waals surface area contributed by atoms with Gasteiger partial charge in [-0.1, -0.05) is 67.4 Å². The fourth-order valence-electron chi connectivity index (χ4n) is 5.88. The van der Waals surface area contributed by atoms with Crippen LogP contribution in [0.2, 0.25) is 10.0 Å². The quantitative estimate of drug-likeness (QED) is 0.346. The lowest BCUT2D eigenvalue weighted by Gasteiger charge is -2.38. The number of para-hydroxylation sites is 1. The summed E-state index contributed by atoms with van der Waals surface area (Å²) in [6.07, 6.45) is 6.11. The molecule has 0 bridgehead atoms. The van der Waals surface area contributed by atoms with Crippen LogP contribution < -0.4 is 0 Å². The van der Waals surface area contributed by atoms with E-state index >= 15 is 0 Å². The van der Waals surface area contributed by atoms with Crippen LogP contribution >= 0.6 is 23.2 Å². The first-order valence-corrected chi connectivity index (χ1v) is 15.2. The maximum Gasteiger partial charge on any atom is 0.244 e. The molecule has 3 aliphatic heterocycles. The first-order valence-electron chi connectivity index (χ1n) is 13.0. The van der Waals surface area contributed by atoms with Gasteiger partial charge in [0.2, 0.25) is 10.0 Å². The van der Waals surface area contributed by atoms with Gasteiger partial charge in [0.05, 0.1) is 32.4 Å². The van der Waals surface area contributed by atoms with Gasteiger partial charge in [-0.25, -0.2) is 18.1 Å². The van der Waals surface area contributed by atoms with E-state index < -0.39 is 16.1 Å². The second kappa shape index (κ2) is 9.93. The third kappa shape index (κ3) is 4.53. The monoisotopic (exact) mass is 581 g/mol. The van der Waals surface area contributed by atoms with Gasteiger partial charge in [0.15, 0.2) is 5.82 Å². The van der Waals surface area contributed by atoms with E-state index in [4.69, 9.17) is 33.3 Å². The molecule has 3 atom stereocenters. The molecule has 39 heavy (non-hydrogen) atoms. The number of hydrogen-bond acceptors (Lipinski definition) is 5. The van der Waals surface area contributed by atoms with E-state index in [1.807, 2.05) is 59.0 Å². The Morgan fingerprint density at radius 2 is 1.67 bits per heavy atom. The molecule has 1 saturated heterocycles. The van der Waals surface area contributed by atoms with Crippen LogP contribution in [-0.4, -0.2) is 46.3 Å². The SMILES string of the molecule is Cc1nn(-c2ccccc2)c2c1C(c1cccc(Cl)c1Cl)N1C=C(S(=O)(=O)N3CC(C)CC(C)C3)C=CC1=N2. The highest BCUT2D eigenvalue weighted by molar-refractivity contribution is 7.93. The smallest absolute Gasteiger partial charge is 0.244 e. The number of benzene rings is 2. The summed E-state index contributed by atoms with van der Waals surface area (Å²) >= 11 is 13.3. The Kier molecular flexibility index (Phi) is 6.70. The second-order valence-corrected chi connectivity index (χ2v) is 13.3. The average Bonchev–Trinajstić information content (AvgIpc) is 3.24. The Morgan fingerprint density at radius 3 is 2.38 bits per heavy atom. The summed E-state index contributed by atoms with van der Waals surface area (Å²) in [6, 6.07) is 14.8. The van der Waals surface area contributed by atoms with Crippen molar-refractivity contribution < 1.29 is 8.42 Å². The Labute approximate surface area is 239 Å². The number of sulfonamides is 1. The molecule has 3 unspecified atom stereocenters. The Bertz CT molecular complexity index is 1640. The van der Waals surface area contributed by atoms with Crippen LogP contribution in [0.25, 0.3) is 5.69 Å². The van der Waals surface area contributed by atoms with Crippen LogP contribution in [0.1, 0.15) is 43.1 Å². The summed E-state index contributed by atoms with van der Waals surface area (Å²) in [7, 11) is -3.72. The fourth-order valence-corrected chi connectivity index (χ4v) is 7.98. The molecule has 1 aromatic heterocycles. The van der Waals surface area contributed by atoms with Gasteiger partial charge in [-0.3, -0.25) is 0 Å². The molecule has 4 heterocycles. The molecule has 0 spiro atoms. The maximum absolute atomic E-state index is 13.8. The first kappa shape index (κ1) is 26.3. The van der Waals surface area contributed by atoms with Crippen LogP contribution in [-0.2, 0) is 10.0 Å². The zero-order valence-electron chi connectivity index (χ0n) is 21.9. The summed E-state index contributed by atoms with van der Waals surface area (Å²) in [5, 5.41) is 5.68. The number of fused-ring (bicyclic) bond motifs is 2. The zero-order chi connectivity index (χ0) is 27.5. The van der Waals surface area contributed by atoms with E-state index in [1.54, 1.807) is 28.7 Å². The average molecular weight is 583 g/mol. The number of piperidine rings is 1. The standard InChI is InChI=1S/C29H29Cl2N5O2S/c1-18-14-19(2)16-34(15-18)39(37,38)22-12-13-25-32-29-26(20(3)33-36(29)21-8-5-4-6-9-21)28(35(25)17-22)23-10-7-11-24(30)27(23)31/h4-13,17-19,28H,14-16H2,1-3H3. The predicted octanol–water partition coefficient (Wildman–Crippen LogP) is 6.64. The maximum atomic E-state index is 13.8. The summed E-state index contributed by atoms with van der Waals surface area (Å²) in [5.74, 6) is 1.88. The van der Waals surface area contributed by atoms with Gasteiger partial charge in [-0.2, -0.15) is 9.40 Å². The molecular formula is C29H29Cl2N5O2S. The van der Waals surface area contributed by atoms with Crippen LogP contribution in [0.15, 0.2) is 76.8 Å². The summed E-state index contributed by atoms with van der Waals surface area (Å²) in [5.41, 5.74) is 3.23. The number of aromatic nitrogens is 2. The molecule has 2 aromatic carbocycles. The zero-order valence-corrected chi connectivity index (χ0v) is 24.2. The number of aliphatic imine (C=N–C) groups is 1. The molecule has 0 N–H and O–H groups in total. The van der Waals surface area contributed by atoms with Crippen LogP contribution in [0.5, 0.6) is 0 Å². The minimum Gasteiger partial charge on any atom is -0.320 e. The number of aryl methyl sites for hydroxylation is 1. The van der Waals surface area contributed by atoms with E-state index in [2.05, 4.69) is 13.8 Å². The van der Waals surface area contributed by atoms with Gasteiger partial charge in [0, 0.05) is 24.9 Å². The van der Waals surface area contributed by atoms with Crippen molar-refractivity contribution in [1.82, 2.24) is 19.0 Å².